The molecule has 0 bridgehead atoms. The van der Waals surface area contributed by atoms with Gasteiger partial charge in [-0.3, -0.25) is 14.4 Å². The van der Waals surface area contributed by atoms with Crippen molar-refractivity contribution in [2.75, 3.05) is 26.2 Å². The summed E-state index contributed by atoms with van der Waals surface area (Å²) in [6, 6.07) is 8.82. The van der Waals surface area contributed by atoms with Crippen LogP contribution in [0.4, 0.5) is 0 Å². The van der Waals surface area contributed by atoms with Crippen molar-refractivity contribution in [3.63, 3.8) is 0 Å². The number of fused-ring (bicyclic) bond motifs is 1. The molecule has 0 unspecified atom stereocenters. The molecule has 6 nitrogen and oxygen atoms in total. The van der Waals surface area contributed by atoms with E-state index in [1.807, 2.05) is 15.9 Å². The van der Waals surface area contributed by atoms with Crippen LogP contribution in [0.1, 0.15) is 49.7 Å². The van der Waals surface area contributed by atoms with Crippen molar-refractivity contribution in [1.29, 1.82) is 0 Å². The lowest BCUT2D eigenvalue weighted by atomic mass is 10.1. The molecular weight excluding hydrogens is 422 g/mol. The van der Waals surface area contributed by atoms with Crippen LogP contribution in [-0.4, -0.2) is 53.7 Å². The van der Waals surface area contributed by atoms with Crippen LogP contribution in [-0.2, 0) is 17.8 Å². The van der Waals surface area contributed by atoms with Crippen LogP contribution in [0, 0.1) is 0 Å². The van der Waals surface area contributed by atoms with E-state index in [4.69, 9.17) is 11.6 Å². The number of hydrogen-bond acceptors (Lipinski definition) is 4. The number of likely N-dealkylation sites (tertiary alicyclic amines) is 1. The Morgan fingerprint density at radius 2 is 1.93 bits per heavy atom. The lowest BCUT2D eigenvalue weighted by molar-refractivity contribution is -0.127. The second-order valence-electron chi connectivity index (χ2n) is 7.64. The average Bonchev–Trinajstić information content (AvgIpc) is 3.36. The Morgan fingerprint density at radius 3 is 2.67 bits per heavy atom. The van der Waals surface area contributed by atoms with Crippen molar-refractivity contribution in [2.24, 2.45) is 0 Å². The van der Waals surface area contributed by atoms with Gasteiger partial charge < -0.3 is 15.1 Å². The maximum atomic E-state index is 12.7. The van der Waals surface area contributed by atoms with Crippen molar-refractivity contribution in [2.45, 2.75) is 32.2 Å². The van der Waals surface area contributed by atoms with Crippen LogP contribution in [0.3, 0.4) is 0 Å². The number of thiophene rings is 1. The summed E-state index contributed by atoms with van der Waals surface area (Å²) in [6.45, 7) is 3.22. The highest BCUT2D eigenvalue weighted by atomic mass is 35.5. The fraction of sp³-hybridized carbons (Fsp3) is 0.409. The Hall–Kier alpha value is -2.38. The fourth-order valence-electron chi connectivity index (χ4n) is 3.89. The maximum Gasteiger partial charge on any atom is 0.261 e. The minimum absolute atomic E-state index is 0.0222. The average molecular weight is 446 g/mol. The molecule has 2 aliphatic heterocycles. The van der Waals surface area contributed by atoms with Gasteiger partial charge >= 0.3 is 0 Å². The smallest absolute Gasteiger partial charge is 0.261 e. The van der Waals surface area contributed by atoms with Crippen molar-refractivity contribution in [1.82, 2.24) is 15.1 Å². The summed E-state index contributed by atoms with van der Waals surface area (Å²) in [6.07, 6.45) is 3.09. The molecule has 158 valence electrons. The van der Waals surface area contributed by atoms with Crippen molar-refractivity contribution >= 4 is 40.7 Å². The van der Waals surface area contributed by atoms with Gasteiger partial charge in [0, 0.05) is 54.6 Å². The van der Waals surface area contributed by atoms with Gasteiger partial charge in [0.05, 0.1) is 4.88 Å². The number of nitrogens with one attached hydrogen (secondary N) is 1. The van der Waals surface area contributed by atoms with Crippen molar-refractivity contribution in [3.05, 3.63) is 56.2 Å². The second-order valence-corrected chi connectivity index (χ2v) is 9.21. The predicted octanol–water partition coefficient (Wildman–Crippen LogP) is 3.34. The Morgan fingerprint density at radius 1 is 1.13 bits per heavy atom. The van der Waals surface area contributed by atoms with E-state index < -0.39 is 0 Å². The Labute approximate surface area is 184 Å². The van der Waals surface area contributed by atoms with Gasteiger partial charge in [-0.1, -0.05) is 11.6 Å². The molecule has 0 saturated carbocycles. The summed E-state index contributed by atoms with van der Waals surface area (Å²) in [5.41, 5.74) is 1.66. The second kappa shape index (κ2) is 9.18. The molecule has 0 atom stereocenters. The van der Waals surface area contributed by atoms with E-state index in [-0.39, 0.29) is 17.7 Å². The summed E-state index contributed by atoms with van der Waals surface area (Å²) < 4.78 is 0. The molecular formula is C22H24ClN3O3S. The zero-order valence-corrected chi connectivity index (χ0v) is 18.2. The minimum Gasteiger partial charge on any atom is -0.351 e. The summed E-state index contributed by atoms with van der Waals surface area (Å²) in [5, 5.41) is 3.56. The van der Waals surface area contributed by atoms with Crippen molar-refractivity contribution < 1.29 is 14.4 Å². The molecule has 30 heavy (non-hydrogen) atoms. The normalized spacial score (nSPS) is 16.0. The molecule has 2 aromatic rings. The molecule has 0 aliphatic carbocycles. The van der Waals surface area contributed by atoms with E-state index in [1.54, 1.807) is 24.3 Å². The van der Waals surface area contributed by atoms with Gasteiger partial charge in [0.15, 0.2) is 0 Å². The van der Waals surface area contributed by atoms with Crippen LogP contribution < -0.4 is 5.32 Å². The third-order valence-electron chi connectivity index (χ3n) is 5.53. The molecule has 1 N–H and O–H groups in total. The predicted molar refractivity (Wildman–Crippen MR) is 117 cm³/mol. The first-order chi connectivity index (χ1) is 14.5. The molecule has 8 heteroatoms. The Kier molecular flexibility index (Phi) is 6.39. The largest absolute Gasteiger partial charge is 0.351 e. The van der Waals surface area contributed by atoms with Crippen LogP contribution in [0.25, 0.3) is 0 Å². The number of halogens is 1. The third kappa shape index (κ3) is 4.68. The number of nitrogens with zero attached hydrogens (tertiary/aromatic N) is 2. The van der Waals surface area contributed by atoms with Gasteiger partial charge in [0.1, 0.15) is 0 Å². The van der Waals surface area contributed by atoms with Gasteiger partial charge in [0.25, 0.3) is 11.8 Å². The molecule has 3 amide bonds. The minimum atomic E-state index is -0.0854. The van der Waals surface area contributed by atoms with Crippen LogP contribution >= 0.6 is 22.9 Å². The summed E-state index contributed by atoms with van der Waals surface area (Å²) in [7, 11) is 0. The monoisotopic (exact) mass is 445 g/mol. The fourth-order valence-corrected chi connectivity index (χ4v) is 5.10. The first-order valence-electron chi connectivity index (χ1n) is 10.2. The molecule has 2 aliphatic rings. The first kappa shape index (κ1) is 20.9. The highest BCUT2D eigenvalue weighted by molar-refractivity contribution is 7.14. The first-order valence-corrected chi connectivity index (χ1v) is 11.4. The maximum absolute atomic E-state index is 12.7. The zero-order chi connectivity index (χ0) is 21.1. The molecule has 0 spiro atoms. The molecule has 3 heterocycles. The quantitative estimate of drug-likeness (QED) is 0.693. The van der Waals surface area contributed by atoms with Crippen molar-refractivity contribution in [3.8, 4) is 0 Å². The molecule has 0 radical (unpaired) electrons. The topological polar surface area (TPSA) is 69.7 Å². The van der Waals surface area contributed by atoms with Gasteiger partial charge in [-0.15, -0.1) is 11.3 Å². The lowest BCUT2D eigenvalue weighted by Crippen LogP contribution is -2.35. The number of rotatable bonds is 6. The molecule has 1 fully saturated rings. The Balaban J connectivity index is 1.30. The van der Waals surface area contributed by atoms with Gasteiger partial charge in [0.2, 0.25) is 5.91 Å². The van der Waals surface area contributed by atoms with E-state index in [2.05, 4.69) is 5.32 Å². The number of hydrogen-bond donors (Lipinski definition) is 1. The van der Waals surface area contributed by atoms with Gasteiger partial charge in [-0.25, -0.2) is 0 Å². The van der Waals surface area contributed by atoms with E-state index >= 15 is 0 Å². The number of benzene rings is 1. The zero-order valence-electron chi connectivity index (χ0n) is 16.7. The van der Waals surface area contributed by atoms with Crippen LogP contribution in [0.2, 0.25) is 5.02 Å². The molecule has 1 aromatic carbocycles. The summed E-state index contributed by atoms with van der Waals surface area (Å²) >= 11 is 7.41. The summed E-state index contributed by atoms with van der Waals surface area (Å²) in [4.78, 5) is 42.4. The number of carbonyl (C=O) groups excluding carboxylic acids is 3. The highest BCUT2D eigenvalue weighted by Gasteiger charge is 2.25. The molecule has 1 aromatic heterocycles. The van der Waals surface area contributed by atoms with E-state index in [0.717, 1.165) is 31.4 Å². The molecule has 4 rings (SSSR count). The summed E-state index contributed by atoms with van der Waals surface area (Å²) in [5.74, 6) is 0.105. The van der Waals surface area contributed by atoms with E-state index in [0.29, 0.717) is 48.1 Å². The van der Waals surface area contributed by atoms with Crippen LogP contribution in [0.5, 0.6) is 0 Å². The van der Waals surface area contributed by atoms with Gasteiger partial charge in [-0.05, 0) is 55.2 Å². The lowest BCUT2D eigenvalue weighted by Gasteiger charge is -2.27. The number of carbonyl (C=O) groups is 3. The number of amides is 3. The van der Waals surface area contributed by atoms with Crippen LogP contribution in [0.15, 0.2) is 30.3 Å². The third-order valence-corrected chi connectivity index (χ3v) is 7.02. The van der Waals surface area contributed by atoms with E-state index in [1.165, 1.54) is 16.2 Å². The SMILES string of the molecule is O=C(NCCCN1CCCC1=O)c1cc2c(s1)CCN(C(=O)c1ccc(Cl)cc1)C2. The Bertz CT molecular complexity index is 957. The molecule has 1 saturated heterocycles. The standard InChI is InChI=1S/C22H24ClN3O3S/c23-17-6-4-15(5-7-17)22(29)26-12-8-18-16(14-26)13-19(30-18)21(28)24-9-2-11-25-10-1-3-20(25)27/h4-7,13H,1-3,8-12,14H2,(H,24,28). The van der Waals surface area contributed by atoms with Gasteiger partial charge in [-0.2, -0.15) is 0 Å². The highest BCUT2D eigenvalue weighted by Crippen LogP contribution is 2.29. The van der Waals surface area contributed by atoms with E-state index in [9.17, 15) is 14.4 Å².